The maximum atomic E-state index is 8.64. The van der Waals surface area contributed by atoms with Gasteiger partial charge in [-0.2, -0.15) is 0 Å². The molecule has 0 rings (SSSR count). The van der Waals surface area contributed by atoms with E-state index in [0.717, 1.165) is 0 Å². The van der Waals surface area contributed by atoms with E-state index in [-0.39, 0.29) is 15.3 Å². The molecule has 17 heavy (non-hydrogen) atoms. The number of rotatable bonds is 0. The van der Waals surface area contributed by atoms with Crippen molar-refractivity contribution in [2.24, 2.45) is 17.2 Å². The first-order chi connectivity index (χ1) is 7.20. The third-order valence-corrected chi connectivity index (χ3v) is 0. The number of thiocarbonyl (C=S) groups is 3. The fourth-order valence-corrected chi connectivity index (χ4v) is 0. The standard InChI is InChI=1S/3CH4N2S.4O.Sb/c3*2-1(3)4;;;;;/h3*(H4,2,3,4);;;;;/q;;;;3*-1;/p+3. The Bertz CT molecular complexity index is 233. The molecule has 14 heteroatoms. The average molecular weight is 417 g/mol. The average Bonchev–Trinajstić information content (AvgIpc) is 1.73. The normalized spacial score (nSPS) is 7.88. The van der Waals surface area contributed by atoms with Crippen LogP contribution in [-0.2, 0) is 3.02 Å². The molecule has 104 valence electrons. The van der Waals surface area contributed by atoms with E-state index in [9.17, 15) is 0 Å². The number of quaternary nitrogens is 3. The van der Waals surface area contributed by atoms with Gasteiger partial charge in [0.1, 0.15) is 0 Å². The van der Waals surface area contributed by atoms with Crippen LogP contribution in [0, 0.1) is 0 Å². The van der Waals surface area contributed by atoms with E-state index in [1.807, 2.05) is 0 Å². The van der Waals surface area contributed by atoms with Crippen LogP contribution in [0.25, 0.3) is 0 Å². The molecule has 0 unspecified atom stereocenters. The zero-order valence-electron chi connectivity index (χ0n) is 8.66. The van der Waals surface area contributed by atoms with Gasteiger partial charge in [0.15, 0.2) is 0 Å². The first-order valence-electron chi connectivity index (χ1n) is 3.27. The molecule has 0 aromatic rings. The van der Waals surface area contributed by atoms with Crippen LogP contribution in [0.1, 0.15) is 0 Å². The Morgan fingerprint density at radius 3 is 0.824 bits per heavy atom. The summed E-state index contributed by atoms with van der Waals surface area (Å²) in [5, 5.41) is 0.750. The Hall–Kier alpha value is 0.0482. The van der Waals surface area contributed by atoms with Crippen LogP contribution in [0.4, 0.5) is 0 Å². The van der Waals surface area contributed by atoms with Gasteiger partial charge in [-0.25, -0.2) is 0 Å². The van der Waals surface area contributed by atoms with Crippen LogP contribution in [0.2, 0.25) is 0 Å². The van der Waals surface area contributed by atoms with Gasteiger partial charge in [-0.1, -0.05) is 0 Å². The van der Waals surface area contributed by atoms with Crippen molar-refractivity contribution in [2.75, 3.05) is 0 Å². The number of hydrogen-bond donors (Lipinski definition) is 6. The molecule has 0 atom stereocenters. The van der Waals surface area contributed by atoms with Crippen molar-refractivity contribution in [2.45, 2.75) is 0 Å². The summed E-state index contributed by atoms with van der Waals surface area (Å²) < 4.78 is 34.6. The second-order valence-electron chi connectivity index (χ2n) is 1.85. The van der Waals surface area contributed by atoms with Crippen molar-refractivity contribution < 1.29 is 30.4 Å². The first kappa shape index (κ1) is 25.8. The molecular weight excluding hydrogens is 402 g/mol. The van der Waals surface area contributed by atoms with Crippen LogP contribution in [-0.4, -0.2) is 35.4 Å². The molecule has 0 saturated carbocycles. The molecule has 0 aliphatic carbocycles. The van der Waals surface area contributed by atoms with Gasteiger partial charge in [-0.15, -0.1) is 0 Å². The fraction of sp³-hybridized carbons (Fsp3) is 0. The van der Waals surface area contributed by atoms with E-state index in [1.165, 1.54) is 0 Å². The maximum absolute atomic E-state index is 8.64. The van der Waals surface area contributed by atoms with Crippen molar-refractivity contribution in [1.82, 2.24) is 0 Å². The predicted octanol–water partition coefficient (Wildman–Crippen LogP) is -8.65. The quantitative estimate of drug-likeness (QED) is 0.160. The van der Waals surface area contributed by atoms with E-state index in [2.05, 4.69) is 53.9 Å². The summed E-state index contributed by atoms with van der Waals surface area (Å²) in [5.41, 5.74) is 23.6. The SMILES string of the molecule is NC([NH3+])=S.NC([NH3+])=S.NC([NH3+])=S.[O]=[Sb]([O-])([O-])[O-]. The van der Waals surface area contributed by atoms with Gasteiger partial charge in [0, 0.05) is 36.7 Å². The minimum atomic E-state index is -6.10. The van der Waals surface area contributed by atoms with Crippen LogP contribution in [0.15, 0.2) is 0 Å². The first-order valence-corrected chi connectivity index (χ1v) is 8.66. The van der Waals surface area contributed by atoms with E-state index >= 15 is 0 Å². The Morgan fingerprint density at radius 1 is 0.824 bits per heavy atom. The summed E-state index contributed by atoms with van der Waals surface area (Å²) in [6.45, 7) is 0. The van der Waals surface area contributed by atoms with Gasteiger partial charge in [0.05, 0.1) is 0 Å². The number of nitrogens with two attached hydrogens (primary N) is 3. The van der Waals surface area contributed by atoms with Crippen molar-refractivity contribution in [1.29, 1.82) is 0 Å². The predicted molar refractivity (Wildman–Crippen MR) is 65.5 cm³/mol. The third kappa shape index (κ3) is 1360000. The monoisotopic (exact) mass is 416 g/mol. The van der Waals surface area contributed by atoms with Gasteiger partial charge in [0.2, 0.25) is 0 Å². The van der Waals surface area contributed by atoms with Crippen LogP contribution in [0.3, 0.4) is 0 Å². The zero-order chi connectivity index (χ0) is 15.2. The summed E-state index contributed by atoms with van der Waals surface area (Å²) in [7, 11) is 0. The zero-order valence-corrected chi connectivity index (χ0v) is 13.7. The summed E-state index contributed by atoms with van der Waals surface area (Å²) in [6.07, 6.45) is 0. The van der Waals surface area contributed by atoms with Crippen molar-refractivity contribution >= 4 is 72.0 Å². The molecule has 15 N–H and O–H groups in total. The van der Waals surface area contributed by atoms with Gasteiger partial charge >= 0.3 is 33.2 Å². The molecule has 0 heterocycles. The molecular formula is C3H15N6O4S3Sb. The van der Waals surface area contributed by atoms with Crippen LogP contribution in [0.5, 0.6) is 0 Å². The minimum absolute atomic E-state index is 0.250. The molecule has 0 saturated heterocycles. The number of hydrogen-bond acceptors (Lipinski definition) is 7. The Labute approximate surface area is 119 Å². The molecule has 10 nitrogen and oxygen atoms in total. The van der Waals surface area contributed by atoms with E-state index < -0.39 is 20.1 Å². The van der Waals surface area contributed by atoms with Gasteiger partial charge in [-0.3, -0.25) is 0 Å². The summed E-state index contributed by atoms with van der Waals surface area (Å²) >= 11 is 6.51. The van der Waals surface area contributed by atoms with Crippen molar-refractivity contribution in [3.8, 4) is 0 Å². The fourth-order valence-electron chi connectivity index (χ4n) is 0. The Balaban J connectivity index is -0.0000000667. The second-order valence-corrected chi connectivity index (χ2v) is 5.97. The summed E-state index contributed by atoms with van der Waals surface area (Å²) in [4.78, 5) is 0. The molecule has 0 radical (unpaired) electrons. The molecule has 0 fully saturated rings. The molecule has 0 aromatic carbocycles. The van der Waals surface area contributed by atoms with E-state index in [0.29, 0.717) is 0 Å². The van der Waals surface area contributed by atoms with E-state index in [1.54, 1.807) is 0 Å². The Morgan fingerprint density at radius 2 is 0.824 bits per heavy atom. The molecule has 0 aromatic heterocycles. The van der Waals surface area contributed by atoms with Crippen molar-refractivity contribution in [3.63, 3.8) is 0 Å². The van der Waals surface area contributed by atoms with E-state index in [4.69, 9.17) is 30.4 Å². The van der Waals surface area contributed by atoms with Gasteiger partial charge in [-0.05, 0) is 0 Å². The van der Waals surface area contributed by atoms with Crippen LogP contribution < -0.4 is 44.6 Å². The van der Waals surface area contributed by atoms with Gasteiger partial charge in [0.25, 0.3) is 15.3 Å². The van der Waals surface area contributed by atoms with Crippen molar-refractivity contribution in [3.05, 3.63) is 0 Å². The van der Waals surface area contributed by atoms with Gasteiger partial charge < -0.3 is 34.4 Å². The molecule has 0 amide bonds. The molecule has 0 aliphatic rings. The Kier molecular flexibility index (Phi) is 24.3. The summed E-state index contributed by atoms with van der Waals surface area (Å²) in [5.74, 6) is 0. The topological polar surface area (TPSA) is 247 Å². The summed E-state index contributed by atoms with van der Waals surface area (Å²) in [6, 6.07) is 0. The van der Waals surface area contributed by atoms with Crippen LogP contribution >= 0.6 is 36.7 Å². The third-order valence-electron chi connectivity index (χ3n) is 0. The molecule has 0 aliphatic heterocycles. The second kappa shape index (κ2) is 16.0. The molecule has 0 bridgehead atoms. The molecule has 0 spiro atoms.